The predicted molar refractivity (Wildman–Crippen MR) is 157 cm³/mol. The van der Waals surface area contributed by atoms with Crippen molar-refractivity contribution >= 4 is 30.2 Å². The molecule has 1 N–H and O–H groups in total. The van der Waals surface area contributed by atoms with Gasteiger partial charge in [-0.15, -0.1) is 12.6 Å². The van der Waals surface area contributed by atoms with E-state index >= 15 is 0 Å². The first-order valence-electron chi connectivity index (χ1n) is 14.8. The van der Waals surface area contributed by atoms with Crippen LogP contribution in [0.5, 0.6) is 0 Å². The van der Waals surface area contributed by atoms with E-state index in [-0.39, 0.29) is 36.3 Å². The zero-order chi connectivity index (χ0) is 31.0. The first kappa shape index (κ1) is 32.6. The third-order valence-corrected chi connectivity index (χ3v) is 9.85. The Morgan fingerprint density at radius 1 is 1.14 bits per heavy atom. The molecule has 4 rings (SSSR count). The average Bonchev–Trinajstić information content (AvgIpc) is 3.08. The number of nitrogens with zero attached hydrogens (tertiary/aromatic N) is 5. The minimum Gasteiger partial charge on any atom is -0.480 e. The number of nitriles is 1. The molecule has 1 saturated carbocycles. The van der Waals surface area contributed by atoms with Gasteiger partial charge in [0, 0.05) is 36.9 Å². The highest BCUT2D eigenvalue weighted by molar-refractivity contribution is 7.81. The molecule has 3 fully saturated rings. The van der Waals surface area contributed by atoms with Gasteiger partial charge in [0.05, 0.1) is 29.3 Å². The van der Waals surface area contributed by atoms with E-state index in [1.807, 2.05) is 4.90 Å². The van der Waals surface area contributed by atoms with E-state index in [4.69, 9.17) is 17.9 Å². The second kappa shape index (κ2) is 12.7. The van der Waals surface area contributed by atoms with Gasteiger partial charge in [-0.25, -0.2) is 0 Å². The number of aliphatic carboxylic acids is 1. The number of hydrogen-bond donors (Lipinski definition) is 2. The topological polar surface area (TPSA) is 91.1 Å². The lowest BCUT2D eigenvalue weighted by Gasteiger charge is -2.44. The van der Waals surface area contributed by atoms with Gasteiger partial charge in [-0.05, 0) is 96.9 Å². The summed E-state index contributed by atoms with van der Waals surface area (Å²) in [7, 11) is 0. The number of amides is 1. The van der Waals surface area contributed by atoms with Crippen LogP contribution in [0.2, 0.25) is 0 Å². The molecular formula is C30H42F3N5O3S. The summed E-state index contributed by atoms with van der Waals surface area (Å²) in [6, 6.07) is 5.45. The Labute approximate surface area is 251 Å². The summed E-state index contributed by atoms with van der Waals surface area (Å²) in [5.74, 6) is -0.524. The molecule has 1 aromatic rings. The van der Waals surface area contributed by atoms with Crippen molar-refractivity contribution in [3.05, 3.63) is 29.3 Å². The van der Waals surface area contributed by atoms with Crippen LogP contribution in [0.3, 0.4) is 0 Å². The lowest BCUT2D eigenvalue weighted by atomic mass is 9.81. The highest BCUT2D eigenvalue weighted by Gasteiger charge is 2.54. The van der Waals surface area contributed by atoms with Gasteiger partial charge in [-0.1, -0.05) is 0 Å². The van der Waals surface area contributed by atoms with Crippen LogP contribution in [0, 0.1) is 17.2 Å². The van der Waals surface area contributed by atoms with Gasteiger partial charge in [-0.3, -0.25) is 24.3 Å². The second-order valence-corrected chi connectivity index (χ2v) is 13.1. The molecule has 12 heteroatoms. The van der Waals surface area contributed by atoms with Crippen LogP contribution in [0.25, 0.3) is 0 Å². The van der Waals surface area contributed by atoms with Gasteiger partial charge >= 0.3 is 12.1 Å². The number of carbonyl (C=O) groups excluding carboxylic acids is 1. The largest absolute Gasteiger partial charge is 0.480 e. The molecule has 2 saturated heterocycles. The summed E-state index contributed by atoms with van der Waals surface area (Å²) in [5, 5.41) is 18.3. The number of anilines is 1. The normalized spacial score (nSPS) is 29.5. The molecule has 42 heavy (non-hydrogen) atoms. The molecule has 232 valence electrons. The number of carboxylic acid groups (broad SMARTS) is 1. The summed E-state index contributed by atoms with van der Waals surface area (Å²) >= 11 is 4.75. The molecule has 1 amide bonds. The zero-order valence-corrected chi connectivity index (χ0v) is 25.7. The summed E-state index contributed by atoms with van der Waals surface area (Å²) in [4.78, 5) is 32.6. The van der Waals surface area contributed by atoms with Crippen molar-refractivity contribution in [1.82, 2.24) is 14.7 Å². The lowest BCUT2D eigenvalue weighted by Crippen LogP contribution is -2.57. The monoisotopic (exact) mass is 609 g/mol. The van der Waals surface area contributed by atoms with Crippen LogP contribution in [0.4, 0.5) is 18.9 Å². The highest BCUT2D eigenvalue weighted by atomic mass is 32.1. The maximum atomic E-state index is 13.6. The molecule has 3 atom stereocenters. The van der Waals surface area contributed by atoms with Gasteiger partial charge in [0.2, 0.25) is 5.91 Å². The van der Waals surface area contributed by atoms with E-state index in [2.05, 4.69) is 23.6 Å². The quantitative estimate of drug-likeness (QED) is 0.400. The predicted octanol–water partition coefficient (Wildman–Crippen LogP) is 5.04. The molecule has 0 bridgehead atoms. The van der Waals surface area contributed by atoms with Crippen molar-refractivity contribution < 1.29 is 27.9 Å². The summed E-state index contributed by atoms with van der Waals surface area (Å²) in [5.41, 5.74) is -3.10. The van der Waals surface area contributed by atoms with Crippen LogP contribution < -0.4 is 4.90 Å². The third kappa shape index (κ3) is 6.74. The molecule has 3 aliphatic rings. The number of halogens is 3. The van der Waals surface area contributed by atoms with Crippen LogP contribution in [-0.2, 0) is 15.8 Å². The molecule has 1 aromatic carbocycles. The minimum atomic E-state index is -4.71. The van der Waals surface area contributed by atoms with Crippen molar-refractivity contribution in [2.75, 3.05) is 31.1 Å². The van der Waals surface area contributed by atoms with Gasteiger partial charge in [0.15, 0.2) is 0 Å². The molecular weight excluding hydrogens is 567 g/mol. The van der Waals surface area contributed by atoms with Gasteiger partial charge in [0.1, 0.15) is 5.50 Å². The van der Waals surface area contributed by atoms with E-state index in [0.29, 0.717) is 5.92 Å². The fourth-order valence-electron chi connectivity index (χ4n) is 7.26. The van der Waals surface area contributed by atoms with Crippen molar-refractivity contribution in [3.8, 4) is 6.07 Å². The number of carbonyl (C=O) groups is 2. The van der Waals surface area contributed by atoms with Crippen molar-refractivity contribution in [1.29, 1.82) is 5.26 Å². The number of rotatable bonds is 8. The molecule has 0 radical (unpaired) electrons. The Morgan fingerprint density at radius 3 is 2.31 bits per heavy atom. The Balaban J connectivity index is 1.33. The van der Waals surface area contributed by atoms with Crippen molar-refractivity contribution in [3.63, 3.8) is 0 Å². The maximum Gasteiger partial charge on any atom is 0.417 e. The van der Waals surface area contributed by atoms with Gasteiger partial charge in [-0.2, -0.15) is 18.4 Å². The van der Waals surface area contributed by atoms with Crippen LogP contribution in [0.1, 0.15) is 77.3 Å². The zero-order valence-electron chi connectivity index (χ0n) is 24.8. The van der Waals surface area contributed by atoms with E-state index in [1.54, 1.807) is 19.9 Å². The molecule has 2 heterocycles. The summed E-state index contributed by atoms with van der Waals surface area (Å²) < 4.78 is 40.9. The lowest BCUT2D eigenvalue weighted by molar-refractivity contribution is -0.140. The Bertz CT molecular complexity index is 1190. The van der Waals surface area contributed by atoms with E-state index < -0.39 is 34.3 Å². The Morgan fingerprint density at radius 2 is 1.76 bits per heavy atom. The molecule has 1 aliphatic carbocycles. The molecule has 0 aromatic heterocycles. The summed E-state index contributed by atoms with van der Waals surface area (Å²) in [6.07, 6.45) is 1.26. The maximum absolute atomic E-state index is 13.6. The highest BCUT2D eigenvalue weighted by Crippen LogP contribution is 2.44. The van der Waals surface area contributed by atoms with Gasteiger partial charge < -0.3 is 10.0 Å². The number of thiol groups is 1. The van der Waals surface area contributed by atoms with Gasteiger partial charge in [0.25, 0.3) is 0 Å². The first-order valence-corrected chi connectivity index (χ1v) is 15.3. The molecule has 2 aliphatic heterocycles. The fraction of sp³-hybridized carbons (Fsp3) is 0.700. The SMILES string of the molecule is C[C@@H]1CN(CCCC2CCC(N3C(S)N(c4ccc(C#N)c(C(F)(F)F)c4)C(=O)C3(C)C)CC2)C[C@H](C)N1CC(=O)O. The minimum absolute atomic E-state index is 0.0752. The molecule has 8 nitrogen and oxygen atoms in total. The first-order chi connectivity index (χ1) is 19.6. The van der Waals surface area contributed by atoms with E-state index in [1.165, 1.54) is 11.0 Å². The Hall–Kier alpha value is -2.33. The number of benzene rings is 1. The van der Waals surface area contributed by atoms with E-state index in [9.17, 15) is 27.9 Å². The number of alkyl halides is 3. The molecule has 0 spiro atoms. The van der Waals surface area contributed by atoms with Crippen LogP contribution >= 0.6 is 12.6 Å². The number of hydrogen-bond acceptors (Lipinski definition) is 7. The van der Waals surface area contributed by atoms with Crippen LogP contribution in [0.15, 0.2) is 18.2 Å². The van der Waals surface area contributed by atoms with Crippen molar-refractivity contribution in [2.24, 2.45) is 5.92 Å². The average molecular weight is 610 g/mol. The third-order valence-electron chi connectivity index (χ3n) is 9.37. The second-order valence-electron chi connectivity index (χ2n) is 12.7. The van der Waals surface area contributed by atoms with E-state index in [0.717, 1.165) is 70.3 Å². The standard InChI is InChI=1S/C30H42F3N5O3S/c1-19-16-35(17-20(2)36(19)18-26(39)40)13-5-6-21-7-10-23(11-8-21)38-28(42)37(27(41)29(38,3)4)24-12-9-22(15-34)25(14-24)30(31,32)33/h9,12,14,19-21,23,28,42H,5-8,10-11,13,16-18H2,1-4H3,(H,39,40)/t19-,20+,21?,23?,28?. The van der Waals surface area contributed by atoms with Crippen molar-refractivity contribution in [2.45, 2.75) is 102 Å². The summed E-state index contributed by atoms with van der Waals surface area (Å²) in [6.45, 7) is 10.6. The number of carboxylic acids is 1. The fourth-order valence-corrected chi connectivity index (χ4v) is 7.98. The number of piperazine rings is 1. The van der Waals surface area contributed by atoms with Crippen LogP contribution in [-0.4, -0.2) is 87.0 Å². The smallest absolute Gasteiger partial charge is 0.417 e. The Kier molecular flexibility index (Phi) is 9.87. The molecule has 1 unspecified atom stereocenters.